The molecule has 1 N–H and O–H groups in total. The first-order valence-corrected chi connectivity index (χ1v) is 12.0. The fraction of sp³-hybridized carbons (Fsp3) is 0.143. The van der Waals surface area contributed by atoms with Crippen LogP contribution in [0.5, 0.6) is 17.2 Å². The van der Waals surface area contributed by atoms with Crippen LogP contribution in [0.15, 0.2) is 70.7 Å². The van der Waals surface area contributed by atoms with Crippen molar-refractivity contribution in [3.63, 3.8) is 0 Å². The monoisotopic (exact) mass is 578 g/mol. The van der Waals surface area contributed by atoms with Gasteiger partial charge in [0, 0.05) is 0 Å². The molecular weight excluding hydrogens is 556 g/mol. The summed E-state index contributed by atoms with van der Waals surface area (Å²) in [6.07, 6.45) is 1.35. The van der Waals surface area contributed by atoms with Crippen molar-refractivity contribution in [2.75, 3.05) is 26.1 Å². The van der Waals surface area contributed by atoms with Crippen molar-refractivity contribution in [1.29, 1.82) is 5.26 Å². The number of halogens is 1. The lowest BCUT2D eigenvalue weighted by atomic mass is 10.1. The number of carbonyl (C=O) groups excluding carboxylic acids is 3. The lowest BCUT2D eigenvalue weighted by molar-refractivity contribution is -0.112. The molecule has 38 heavy (non-hydrogen) atoms. The molecule has 3 aromatic rings. The molecule has 10 heteroatoms. The number of esters is 2. The van der Waals surface area contributed by atoms with Gasteiger partial charge in [0.2, 0.25) is 0 Å². The van der Waals surface area contributed by atoms with E-state index in [1.54, 1.807) is 49.4 Å². The molecule has 0 aliphatic rings. The van der Waals surface area contributed by atoms with Crippen LogP contribution in [0.25, 0.3) is 6.08 Å². The lowest BCUT2D eigenvalue weighted by Crippen LogP contribution is -2.16. The maximum atomic E-state index is 12.8. The number of rotatable bonds is 9. The molecule has 0 heterocycles. The number of carbonyl (C=O) groups is 3. The second kappa shape index (κ2) is 13.1. The van der Waals surface area contributed by atoms with E-state index in [1.165, 1.54) is 38.5 Å². The second-order valence-electron chi connectivity index (χ2n) is 7.54. The summed E-state index contributed by atoms with van der Waals surface area (Å²) in [5, 5.41) is 12.2. The minimum Gasteiger partial charge on any atom is -0.497 e. The number of nitriles is 1. The first kappa shape index (κ1) is 28.0. The number of hydrogen-bond acceptors (Lipinski definition) is 8. The highest BCUT2D eigenvalue weighted by Crippen LogP contribution is 2.38. The Morgan fingerprint density at radius 2 is 1.74 bits per heavy atom. The molecule has 0 saturated carbocycles. The van der Waals surface area contributed by atoms with Gasteiger partial charge in [-0.25, -0.2) is 9.59 Å². The molecule has 0 aliphatic heterocycles. The largest absolute Gasteiger partial charge is 0.497 e. The molecule has 0 aliphatic carbocycles. The lowest BCUT2D eigenvalue weighted by Gasteiger charge is -2.14. The molecule has 1 amide bonds. The van der Waals surface area contributed by atoms with Crippen molar-refractivity contribution >= 4 is 45.5 Å². The predicted octanol–water partition coefficient (Wildman–Crippen LogP) is 5.41. The third-order valence-corrected chi connectivity index (χ3v) is 5.70. The summed E-state index contributed by atoms with van der Waals surface area (Å²) in [5.41, 5.74) is 0.840. The molecule has 194 valence electrons. The van der Waals surface area contributed by atoms with Crippen LogP contribution < -0.4 is 19.5 Å². The highest BCUT2D eigenvalue weighted by atomic mass is 79.9. The van der Waals surface area contributed by atoms with Crippen molar-refractivity contribution in [3.8, 4) is 23.3 Å². The third-order valence-electron chi connectivity index (χ3n) is 5.11. The van der Waals surface area contributed by atoms with Gasteiger partial charge in [0.1, 0.15) is 17.4 Å². The summed E-state index contributed by atoms with van der Waals surface area (Å²) in [6.45, 7) is 2.03. The first-order valence-electron chi connectivity index (χ1n) is 11.2. The van der Waals surface area contributed by atoms with E-state index in [0.717, 1.165) is 0 Å². The molecule has 0 bridgehead atoms. The Morgan fingerprint density at radius 3 is 2.37 bits per heavy atom. The van der Waals surface area contributed by atoms with Gasteiger partial charge in [-0.1, -0.05) is 12.1 Å². The molecule has 0 atom stereocenters. The zero-order valence-corrected chi connectivity index (χ0v) is 22.3. The quantitative estimate of drug-likeness (QED) is 0.155. The standard InChI is InChI=1S/C28H23BrN2O7/c1-4-37-24-15-17(14-22(29)25(24)38-27(33)18-9-11-20(35-2)12-10-18)13-19(16-30)26(32)31-23-8-6-5-7-21(23)28(34)36-3/h5-15H,4H2,1-3H3,(H,31,32). The highest BCUT2D eigenvalue weighted by Gasteiger charge is 2.19. The van der Waals surface area contributed by atoms with Crippen LogP contribution in [-0.4, -0.2) is 38.7 Å². The second-order valence-corrected chi connectivity index (χ2v) is 8.40. The molecular formula is C28H23BrN2O7. The Hall–Kier alpha value is -4.62. The third kappa shape index (κ3) is 6.78. The summed E-state index contributed by atoms with van der Waals surface area (Å²) in [6, 6.07) is 17.7. The summed E-state index contributed by atoms with van der Waals surface area (Å²) < 4.78 is 21.5. The number of amides is 1. The van der Waals surface area contributed by atoms with E-state index >= 15 is 0 Å². The van der Waals surface area contributed by atoms with E-state index in [1.807, 2.05) is 6.07 Å². The van der Waals surface area contributed by atoms with Gasteiger partial charge in [0.15, 0.2) is 11.5 Å². The molecule has 0 spiro atoms. The summed E-state index contributed by atoms with van der Waals surface area (Å²) >= 11 is 3.39. The molecule has 3 aromatic carbocycles. The van der Waals surface area contributed by atoms with Gasteiger partial charge in [-0.15, -0.1) is 0 Å². The van der Waals surface area contributed by atoms with E-state index in [0.29, 0.717) is 21.3 Å². The van der Waals surface area contributed by atoms with E-state index in [4.69, 9.17) is 18.9 Å². The smallest absolute Gasteiger partial charge is 0.343 e. The van der Waals surface area contributed by atoms with Crippen LogP contribution >= 0.6 is 15.9 Å². The Balaban J connectivity index is 1.89. The van der Waals surface area contributed by atoms with Crippen LogP contribution in [0.2, 0.25) is 0 Å². The van der Waals surface area contributed by atoms with Gasteiger partial charge in [-0.05, 0) is 83.0 Å². The zero-order chi connectivity index (χ0) is 27.7. The topological polar surface area (TPSA) is 124 Å². The molecule has 9 nitrogen and oxygen atoms in total. The van der Waals surface area contributed by atoms with Crippen LogP contribution in [0.3, 0.4) is 0 Å². The average Bonchev–Trinajstić information content (AvgIpc) is 2.93. The molecule has 3 rings (SSSR count). The van der Waals surface area contributed by atoms with Gasteiger partial charge < -0.3 is 24.3 Å². The van der Waals surface area contributed by atoms with Crippen molar-refractivity contribution in [1.82, 2.24) is 0 Å². The van der Waals surface area contributed by atoms with Crippen LogP contribution in [-0.2, 0) is 9.53 Å². The van der Waals surface area contributed by atoms with Crippen LogP contribution in [0.4, 0.5) is 5.69 Å². The number of nitrogens with one attached hydrogen (secondary N) is 1. The van der Waals surface area contributed by atoms with Crippen molar-refractivity contribution < 1.29 is 33.3 Å². The molecule has 0 aromatic heterocycles. The Kier molecular flexibility index (Phi) is 9.62. The molecule has 0 unspecified atom stereocenters. The van der Waals surface area contributed by atoms with Crippen LogP contribution in [0, 0.1) is 11.3 Å². The predicted molar refractivity (Wildman–Crippen MR) is 143 cm³/mol. The number of benzene rings is 3. The van der Waals surface area contributed by atoms with Gasteiger partial charge in [0.25, 0.3) is 5.91 Å². The maximum Gasteiger partial charge on any atom is 0.343 e. The summed E-state index contributed by atoms with van der Waals surface area (Å²) in [5.74, 6) is -1.01. The fourth-order valence-electron chi connectivity index (χ4n) is 3.30. The summed E-state index contributed by atoms with van der Waals surface area (Å²) in [7, 11) is 2.75. The molecule has 0 fully saturated rings. The molecule has 0 radical (unpaired) electrons. The minimum absolute atomic E-state index is 0.139. The fourth-order valence-corrected chi connectivity index (χ4v) is 3.84. The number of anilines is 1. The average molecular weight is 579 g/mol. The van der Waals surface area contributed by atoms with E-state index in [-0.39, 0.29) is 34.9 Å². The number of ether oxygens (including phenoxy) is 4. The number of hydrogen-bond donors (Lipinski definition) is 1. The Labute approximate surface area is 227 Å². The number of nitrogens with zero attached hydrogens (tertiary/aromatic N) is 1. The van der Waals surface area contributed by atoms with E-state index in [2.05, 4.69) is 21.2 Å². The SMILES string of the molecule is CCOc1cc(C=C(C#N)C(=O)Nc2ccccc2C(=O)OC)cc(Br)c1OC(=O)c1ccc(OC)cc1. The normalized spacial score (nSPS) is 10.7. The van der Waals surface area contributed by atoms with Crippen molar-refractivity contribution in [3.05, 3.63) is 87.4 Å². The van der Waals surface area contributed by atoms with Gasteiger partial charge >= 0.3 is 11.9 Å². The first-order chi connectivity index (χ1) is 18.3. The van der Waals surface area contributed by atoms with Gasteiger partial charge in [-0.3, -0.25) is 4.79 Å². The Morgan fingerprint density at radius 1 is 1.03 bits per heavy atom. The van der Waals surface area contributed by atoms with Crippen LogP contribution in [0.1, 0.15) is 33.2 Å². The minimum atomic E-state index is -0.729. The Bertz CT molecular complexity index is 1430. The zero-order valence-electron chi connectivity index (χ0n) is 20.7. The van der Waals surface area contributed by atoms with Crippen molar-refractivity contribution in [2.45, 2.75) is 6.92 Å². The number of methoxy groups -OCH3 is 2. The van der Waals surface area contributed by atoms with E-state index < -0.39 is 17.8 Å². The molecule has 0 saturated heterocycles. The number of para-hydroxylation sites is 1. The van der Waals surface area contributed by atoms with Crippen molar-refractivity contribution in [2.24, 2.45) is 0 Å². The highest BCUT2D eigenvalue weighted by molar-refractivity contribution is 9.10. The van der Waals surface area contributed by atoms with Gasteiger partial charge in [0.05, 0.1) is 42.1 Å². The maximum absolute atomic E-state index is 12.8. The summed E-state index contributed by atoms with van der Waals surface area (Å²) in [4.78, 5) is 37.6. The van der Waals surface area contributed by atoms with E-state index in [9.17, 15) is 19.6 Å². The van der Waals surface area contributed by atoms with Gasteiger partial charge in [-0.2, -0.15) is 5.26 Å².